The van der Waals surface area contributed by atoms with Crippen molar-refractivity contribution < 1.29 is 13.2 Å². The van der Waals surface area contributed by atoms with Crippen LogP contribution in [0.5, 0.6) is 0 Å². The van der Waals surface area contributed by atoms with Crippen LogP contribution in [-0.4, -0.2) is 39.5 Å². The van der Waals surface area contributed by atoms with Gasteiger partial charge in [-0.2, -0.15) is 4.31 Å². The van der Waals surface area contributed by atoms with Gasteiger partial charge in [-0.15, -0.1) is 0 Å². The highest BCUT2D eigenvalue weighted by atomic mass is 32.2. The first-order valence-corrected chi connectivity index (χ1v) is 9.95. The second-order valence-electron chi connectivity index (χ2n) is 6.35. The Labute approximate surface area is 155 Å². The first-order valence-electron chi connectivity index (χ1n) is 8.51. The Hall–Kier alpha value is -2.21. The fourth-order valence-corrected chi connectivity index (χ4v) is 4.33. The Bertz CT molecular complexity index is 913. The van der Waals surface area contributed by atoms with Gasteiger partial charge in [0.2, 0.25) is 10.0 Å². The summed E-state index contributed by atoms with van der Waals surface area (Å²) in [5.41, 5.74) is 4.09. The van der Waals surface area contributed by atoms with Gasteiger partial charge in [0.15, 0.2) is 0 Å². The molecule has 0 saturated carbocycles. The zero-order chi connectivity index (χ0) is 18.6. The van der Waals surface area contributed by atoms with Crippen LogP contribution in [0.2, 0.25) is 0 Å². The summed E-state index contributed by atoms with van der Waals surface area (Å²) in [6, 6.07) is 16.9. The van der Waals surface area contributed by atoms with Gasteiger partial charge in [0.1, 0.15) is 0 Å². The molecule has 3 rings (SSSR count). The van der Waals surface area contributed by atoms with Crippen molar-refractivity contribution >= 4 is 16.1 Å². The first-order chi connectivity index (χ1) is 12.5. The maximum atomic E-state index is 13.0. The fourth-order valence-electron chi connectivity index (χ4n) is 2.94. The highest BCUT2D eigenvalue weighted by molar-refractivity contribution is 7.89. The molecule has 1 fully saturated rings. The second-order valence-corrected chi connectivity index (χ2v) is 8.29. The van der Waals surface area contributed by atoms with Gasteiger partial charge in [-0.25, -0.2) is 8.42 Å². The maximum absolute atomic E-state index is 13.0. The molecule has 2 aromatic carbocycles. The van der Waals surface area contributed by atoms with Gasteiger partial charge in [-0.3, -0.25) is 0 Å². The van der Waals surface area contributed by atoms with Crippen LogP contribution < -0.4 is 0 Å². The van der Waals surface area contributed by atoms with E-state index in [1.54, 1.807) is 19.2 Å². The molecule has 0 atom stereocenters. The molecule has 1 saturated heterocycles. The van der Waals surface area contributed by atoms with E-state index in [-0.39, 0.29) is 0 Å². The molecular weight excluding hydrogens is 346 g/mol. The molecule has 1 heterocycles. The van der Waals surface area contributed by atoms with Gasteiger partial charge in [0.05, 0.1) is 11.5 Å². The Balaban J connectivity index is 1.93. The molecule has 26 heavy (non-hydrogen) atoms. The minimum Gasteiger partial charge on any atom is -0.381 e. The summed E-state index contributed by atoms with van der Waals surface area (Å²) in [4.78, 5) is 0.329. The summed E-state index contributed by atoms with van der Waals surface area (Å²) < 4.78 is 32.7. The Kier molecular flexibility index (Phi) is 5.71. The predicted molar refractivity (Wildman–Crippen MR) is 104 cm³/mol. The maximum Gasteiger partial charge on any atom is 0.243 e. The minimum atomic E-state index is -3.53. The molecule has 0 aromatic heterocycles. The van der Waals surface area contributed by atoms with Crippen molar-refractivity contribution in [1.29, 1.82) is 0 Å². The summed E-state index contributed by atoms with van der Waals surface area (Å²) in [5.74, 6) is 0. The van der Waals surface area contributed by atoms with Crippen LogP contribution in [-0.2, 0) is 14.8 Å². The number of hydrogen-bond donors (Lipinski definition) is 0. The van der Waals surface area contributed by atoms with E-state index in [2.05, 4.69) is 0 Å². The highest BCUT2D eigenvalue weighted by Gasteiger charge is 2.32. The first kappa shape index (κ1) is 18.6. The molecule has 1 aliphatic heterocycles. The lowest BCUT2D eigenvalue weighted by molar-refractivity contribution is 0.233. The third-order valence-corrected chi connectivity index (χ3v) is 6.21. The molecule has 136 valence electrons. The van der Waals surface area contributed by atoms with Gasteiger partial charge in [0.25, 0.3) is 0 Å². The summed E-state index contributed by atoms with van der Waals surface area (Å²) in [7, 11) is -1.90. The predicted octanol–water partition coefficient (Wildman–Crippen LogP) is 3.66. The number of benzene rings is 2. The van der Waals surface area contributed by atoms with E-state index in [0.717, 1.165) is 22.3 Å². The molecule has 0 aliphatic carbocycles. The number of rotatable bonds is 5. The Morgan fingerprint density at radius 2 is 1.65 bits per heavy atom. The standard InChI is InChI=1S/C21H23NO3S/c1-17-8-10-21(11-9-17)26(23,24)22-15-19(12-13-25-2)20(16-22)14-18-6-4-3-5-7-18/h3-12,14H,13,15-16H2,1-2H3/b19-12-,20-14-. The number of nitrogens with zero attached hydrogens (tertiary/aromatic N) is 1. The molecule has 0 radical (unpaired) electrons. The SMILES string of the molecule is COC/C=C1/CN(S(=O)(=O)c2ccc(C)cc2)C/C1=C/c1ccccc1. The number of sulfonamides is 1. The van der Waals surface area contributed by atoms with Gasteiger partial charge in [0, 0.05) is 20.2 Å². The summed E-state index contributed by atoms with van der Waals surface area (Å²) >= 11 is 0. The van der Waals surface area contributed by atoms with Crippen LogP contribution in [0.3, 0.4) is 0 Å². The van der Waals surface area contributed by atoms with E-state index < -0.39 is 10.0 Å². The Morgan fingerprint density at radius 1 is 1.00 bits per heavy atom. The van der Waals surface area contributed by atoms with Gasteiger partial charge in [-0.05, 0) is 35.8 Å². The van der Waals surface area contributed by atoms with E-state index in [1.807, 2.05) is 61.5 Å². The molecule has 0 spiro atoms. The van der Waals surface area contributed by atoms with Gasteiger partial charge < -0.3 is 4.74 Å². The highest BCUT2D eigenvalue weighted by Crippen LogP contribution is 2.29. The number of aryl methyl sites for hydroxylation is 1. The van der Waals surface area contributed by atoms with Gasteiger partial charge in [-0.1, -0.05) is 60.2 Å². The molecule has 0 bridgehead atoms. The third-order valence-electron chi connectivity index (χ3n) is 4.40. The monoisotopic (exact) mass is 369 g/mol. The zero-order valence-corrected chi connectivity index (χ0v) is 15.9. The molecule has 0 amide bonds. The van der Waals surface area contributed by atoms with Gasteiger partial charge >= 0.3 is 0 Å². The second kappa shape index (κ2) is 7.99. The van der Waals surface area contributed by atoms with E-state index in [1.165, 1.54) is 4.31 Å². The lowest BCUT2D eigenvalue weighted by Gasteiger charge is -2.15. The number of hydrogen-bond acceptors (Lipinski definition) is 3. The fraction of sp³-hybridized carbons (Fsp3) is 0.238. The van der Waals surface area contributed by atoms with E-state index in [9.17, 15) is 8.42 Å². The summed E-state index contributed by atoms with van der Waals surface area (Å²) in [6.07, 6.45) is 4.01. The molecule has 5 heteroatoms. The van der Waals surface area contributed by atoms with Crippen molar-refractivity contribution in [2.75, 3.05) is 26.8 Å². The average Bonchev–Trinajstić information content (AvgIpc) is 3.05. The van der Waals surface area contributed by atoms with Crippen molar-refractivity contribution in [3.05, 3.63) is 82.9 Å². The van der Waals surface area contributed by atoms with Crippen molar-refractivity contribution in [1.82, 2.24) is 4.31 Å². The largest absolute Gasteiger partial charge is 0.381 e. The van der Waals surface area contributed by atoms with Crippen molar-refractivity contribution in [3.63, 3.8) is 0 Å². The smallest absolute Gasteiger partial charge is 0.243 e. The summed E-state index contributed by atoms with van der Waals surface area (Å²) in [5, 5.41) is 0. The number of ether oxygens (including phenoxy) is 1. The molecule has 2 aromatic rings. The van der Waals surface area contributed by atoms with Crippen molar-refractivity contribution in [2.24, 2.45) is 0 Å². The quantitative estimate of drug-likeness (QED) is 0.808. The van der Waals surface area contributed by atoms with E-state index in [0.29, 0.717) is 24.6 Å². The molecule has 0 unspecified atom stereocenters. The third kappa shape index (κ3) is 4.12. The molecular formula is C21H23NO3S. The zero-order valence-electron chi connectivity index (χ0n) is 15.1. The van der Waals surface area contributed by atoms with Crippen LogP contribution >= 0.6 is 0 Å². The molecule has 1 aliphatic rings. The topological polar surface area (TPSA) is 46.6 Å². The molecule has 0 N–H and O–H groups in total. The van der Waals surface area contributed by atoms with Crippen molar-refractivity contribution in [3.8, 4) is 0 Å². The lowest BCUT2D eigenvalue weighted by Crippen LogP contribution is -2.28. The lowest BCUT2D eigenvalue weighted by atomic mass is 10.1. The van der Waals surface area contributed by atoms with E-state index in [4.69, 9.17) is 4.74 Å². The van der Waals surface area contributed by atoms with Crippen molar-refractivity contribution in [2.45, 2.75) is 11.8 Å². The Morgan fingerprint density at radius 3 is 2.31 bits per heavy atom. The van der Waals surface area contributed by atoms with Crippen LogP contribution in [0.1, 0.15) is 11.1 Å². The van der Waals surface area contributed by atoms with Crippen LogP contribution in [0, 0.1) is 6.92 Å². The van der Waals surface area contributed by atoms with Crippen LogP contribution in [0.25, 0.3) is 6.08 Å². The normalized spacial score (nSPS) is 18.7. The van der Waals surface area contributed by atoms with E-state index >= 15 is 0 Å². The molecule has 4 nitrogen and oxygen atoms in total. The minimum absolute atomic E-state index is 0.329. The number of methoxy groups -OCH3 is 1. The average molecular weight is 369 g/mol. The van der Waals surface area contributed by atoms with Crippen LogP contribution in [0.15, 0.2) is 76.7 Å². The van der Waals surface area contributed by atoms with Crippen LogP contribution in [0.4, 0.5) is 0 Å². The summed E-state index contributed by atoms with van der Waals surface area (Å²) in [6.45, 7) is 3.12.